The summed E-state index contributed by atoms with van der Waals surface area (Å²) in [4.78, 5) is 11.5. The van der Waals surface area contributed by atoms with Crippen LogP contribution in [0.1, 0.15) is 18.4 Å². The Morgan fingerprint density at radius 1 is 1.42 bits per heavy atom. The van der Waals surface area contributed by atoms with Gasteiger partial charge in [0.25, 0.3) is 0 Å². The van der Waals surface area contributed by atoms with Crippen LogP contribution in [0.3, 0.4) is 0 Å². The number of carbonyl (C=O) groups excluding carboxylic acids is 1. The number of halogens is 2. The molecule has 2 rings (SSSR count). The second-order valence-corrected chi connectivity index (χ2v) is 4.93. The topological polar surface area (TPSA) is 38.3 Å². The summed E-state index contributed by atoms with van der Waals surface area (Å²) in [6.45, 7) is 1.02. The lowest BCUT2D eigenvalue weighted by Gasteiger charge is -2.13. The van der Waals surface area contributed by atoms with Crippen molar-refractivity contribution in [2.24, 2.45) is 5.41 Å². The lowest BCUT2D eigenvalue weighted by molar-refractivity contribution is -0.146. The molecule has 0 unspecified atom stereocenters. The summed E-state index contributed by atoms with van der Waals surface area (Å²) in [5.41, 5.74) is -0.0506. The summed E-state index contributed by atoms with van der Waals surface area (Å²) in [5, 5.41) is 3.11. The van der Waals surface area contributed by atoms with Crippen LogP contribution in [-0.2, 0) is 16.0 Å². The molecule has 0 heterocycles. The van der Waals surface area contributed by atoms with Crippen LogP contribution in [0.2, 0.25) is 0 Å². The quantitative estimate of drug-likeness (QED) is 0.634. The molecule has 0 aliphatic heterocycles. The molecule has 1 N–H and O–H groups in total. The number of methoxy groups -OCH3 is 1. The van der Waals surface area contributed by atoms with Crippen molar-refractivity contribution in [3.05, 3.63) is 35.4 Å². The molecule has 1 aliphatic rings. The van der Waals surface area contributed by atoms with Crippen LogP contribution >= 0.6 is 0 Å². The Morgan fingerprint density at radius 3 is 2.79 bits per heavy atom. The Kier molecular flexibility index (Phi) is 4.14. The van der Waals surface area contributed by atoms with Gasteiger partial charge in [-0.05, 0) is 49.6 Å². The van der Waals surface area contributed by atoms with Crippen LogP contribution < -0.4 is 5.32 Å². The third-order valence-corrected chi connectivity index (χ3v) is 3.51. The Bertz CT molecular complexity index is 473. The first kappa shape index (κ1) is 13.9. The van der Waals surface area contributed by atoms with Gasteiger partial charge in [-0.25, -0.2) is 8.78 Å². The highest BCUT2D eigenvalue weighted by molar-refractivity contribution is 5.80. The van der Waals surface area contributed by atoms with E-state index in [0.29, 0.717) is 25.1 Å². The molecule has 1 aromatic rings. The average molecular weight is 269 g/mol. The Hall–Kier alpha value is -1.49. The van der Waals surface area contributed by atoms with E-state index in [1.54, 1.807) is 0 Å². The third kappa shape index (κ3) is 3.29. The molecule has 0 amide bonds. The first-order chi connectivity index (χ1) is 9.07. The van der Waals surface area contributed by atoms with E-state index in [1.807, 2.05) is 0 Å². The lowest BCUT2D eigenvalue weighted by Crippen LogP contribution is -2.32. The molecule has 1 aromatic carbocycles. The molecule has 19 heavy (non-hydrogen) atoms. The van der Waals surface area contributed by atoms with E-state index in [1.165, 1.54) is 13.2 Å². The van der Waals surface area contributed by atoms with Crippen LogP contribution in [0.5, 0.6) is 0 Å². The summed E-state index contributed by atoms with van der Waals surface area (Å²) in [6.07, 6.45) is 2.03. The Labute approximate surface area is 111 Å². The van der Waals surface area contributed by atoms with Crippen molar-refractivity contribution in [2.75, 3.05) is 20.2 Å². The van der Waals surface area contributed by atoms with Crippen molar-refractivity contribution in [3.8, 4) is 0 Å². The highest BCUT2D eigenvalue weighted by atomic mass is 19.1. The zero-order valence-corrected chi connectivity index (χ0v) is 10.8. The maximum atomic E-state index is 13.4. The van der Waals surface area contributed by atoms with Gasteiger partial charge < -0.3 is 10.1 Å². The fourth-order valence-electron chi connectivity index (χ4n) is 2.11. The second kappa shape index (κ2) is 5.65. The molecule has 5 heteroatoms. The van der Waals surface area contributed by atoms with Crippen LogP contribution in [0.15, 0.2) is 18.2 Å². The van der Waals surface area contributed by atoms with Crippen molar-refractivity contribution < 1.29 is 18.3 Å². The molecular formula is C14H17F2NO2. The Morgan fingerprint density at radius 2 is 2.16 bits per heavy atom. The molecule has 3 nitrogen and oxygen atoms in total. The number of ether oxygens (including phenoxy) is 1. The van der Waals surface area contributed by atoms with Gasteiger partial charge in [-0.15, -0.1) is 0 Å². The Balaban J connectivity index is 1.78. The van der Waals surface area contributed by atoms with Crippen LogP contribution in [-0.4, -0.2) is 26.2 Å². The van der Waals surface area contributed by atoms with E-state index in [0.717, 1.165) is 25.0 Å². The number of esters is 1. The first-order valence-corrected chi connectivity index (χ1v) is 6.30. The average Bonchev–Trinajstić information content (AvgIpc) is 3.19. The minimum absolute atomic E-state index is 0.197. The van der Waals surface area contributed by atoms with Gasteiger partial charge in [0.05, 0.1) is 12.5 Å². The molecule has 0 atom stereocenters. The summed E-state index contributed by atoms with van der Waals surface area (Å²) < 4.78 is 31.1. The maximum Gasteiger partial charge on any atom is 0.313 e. The minimum Gasteiger partial charge on any atom is -0.469 e. The van der Waals surface area contributed by atoms with Gasteiger partial charge in [-0.3, -0.25) is 4.79 Å². The summed E-state index contributed by atoms with van der Waals surface area (Å²) in [7, 11) is 1.38. The zero-order chi connectivity index (χ0) is 13.9. The number of hydrogen-bond donors (Lipinski definition) is 1. The molecule has 0 saturated heterocycles. The first-order valence-electron chi connectivity index (χ1n) is 6.30. The number of benzene rings is 1. The fraction of sp³-hybridized carbons (Fsp3) is 0.500. The van der Waals surface area contributed by atoms with Gasteiger partial charge in [-0.1, -0.05) is 0 Å². The summed E-state index contributed by atoms with van der Waals surface area (Å²) in [6, 6.07) is 3.43. The molecule has 0 bridgehead atoms. The standard InChI is InChI=1S/C14H17F2NO2/c1-19-13(18)14(5-6-14)9-17-7-4-10-8-11(15)2-3-12(10)16/h2-3,8,17H,4-7,9H2,1H3. The highest BCUT2D eigenvalue weighted by Gasteiger charge is 2.50. The SMILES string of the molecule is COC(=O)C1(CNCCc2cc(F)ccc2F)CC1. The number of carbonyl (C=O) groups is 1. The fourth-order valence-corrected chi connectivity index (χ4v) is 2.11. The van der Waals surface area contributed by atoms with Gasteiger partial charge in [0, 0.05) is 6.54 Å². The van der Waals surface area contributed by atoms with E-state index >= 15 is 0 Å². The molecule has 1 fully saturated rings. The van der Waals surface area contributed by atoms with Crippen molar-refractivity contribution in [1.29, 1.82) is 0 Å². The predicted octanol–water partition coefficient (Wildman–Crippen LogP) is 2.05. The normalized spacial score (nSPS) is 16.2. The molecule has 104 valence electrons. The number of nitrogens with one attached hydrogen (secondary N) is 1. The van der Waals surface area contributed by atoms with Crippen LogP contribution in [0.25, 0.3) is 0 Å². The van der Waals surface area contributed by atoms with Crippen molar-refractivity contribution in [2.45, 2.75) is 19.3 Å². The molecule has 0 aromatic heterocycles. The van der Waals surface area contributed by atoms with E-state index in [9.17, 15) is 13.6 Å². The van der Waals surface area contributed by atoms with Crippen molar-refractivity contribution >= 4 is 5.97 Å². The number of rotatable bonds is 6. The third-order valence-electron chi connectivity index (χ3n) is 3.51. The largest absolute Gasteiger partial charge is 0.469 e. The molecule has 1 aliphatic carbocycles. The van der Waals surface area contributed by atoms with Crippen LogP contribution in [0.4, 0.5) is 8.78 Å². The van der Waals surface area contributed by atoms with Gasteiger partial charge in [0.15, 0.2) is 0 Å². The van der Waals surface area contributed by atoms with Gasteiger partial charge in [0.1, 0.15) is 11.6 Å². The monoisotopic (exact) mass is 269 g/mol. The molecule has 0 radical (unpaired) electrons. The second-order valence-electron chi connectivity index (χ2n) is 4.93. The minimum atomic E-state index is -0.440. The van der Waals surface area contributed by atoms with Crippen molar-refractivity contribution in [1.82, 2.24) is 5.32 Å². The molecule has 0 spiro atoms. The van der Waals surface area contributed by atoms with Crippen LogP contribution in [0, 0.1) is 17.0 Å². The van der Waals surface area contributed by atoms with E-state index in [4.69, 9.17) is 4.74 Å². The van der Waals surface area contributed by atoms with Gasteiger partial charge in [-0.2, -0.15) is 0 Å². The highest BCUT2D eigenvalue weighted by Crippen LogP contribution is 2.45. The predicted molar refractivity (Wildman–Crippen MR) is 66.6 cm³/mol. The van der Waals surface area contributed by atoms with Gasteiger partial charge in [0.2, 0.25) is 0 Å². The zero-order valence-electron chi connectivity index (χ0n) is 10.8. The smallest absolute Gasteiger partial charge is 0.313 e. The summed E-state index contributed by atoms with van der Waals surface area (Å²) >= 11 is 0. The maximum absolute atomic E-state index is 13.4. The lowest BCUT2D eigenvalue weighted by atomic mass is 10.1. The number of hydrogen-bond acceptors (Lipinski definition) is 3. The van der Waals surface area contributed by atoms with Gasteiger partial charge >= 0.3 is 5.97 Å². The molecule has 1 saturated carbocycles. The van der Waals surface area contributed by atoms with Crippen molar-refractivity contribution in [3.63, 3.8) is 0 Å². The van der Waals surface area contributed by atoms with E-state index in [2.05, 4.69) is 5.32 Å². The summed E-state index contributed by atoms with van der Waals surface area (Å²) in [5.74, 6) is -1.04. The van der Waals surface area contributed by atoms with E-state index < -0.39 is 17.0 Å². The van der Waals surface area contributed by atoms with E-state index in [-0.39, 0.29) is 5.97 Å². The molecular weight excluding hydrogens is 252 g/mol.